The third-order valence-corrected chi connectivity index (χ3v) is 3.34. The Labute approximate surface area is 124 Å². The van der Waals surface area contributed by atoms with Gasteiger partial charge in [-0.1, -0.05) is 54.6 Å². The van der Waals surface area contributed by atoms with Crippen LogP contribution in [0.2, 0.25) is 0 Å². The fourth-order valence-corrected chi connectivity index (χ4v) is 2.25. The second-order valence-corrected chi connectivity index (χ2v) is 4.78. The molecule has 0 saturated heterocycles. The maximum Gasteiger partial charge on any atom is 0.152 e. The van der Waals surface area contributed by atoms with Gasteiger partial charge in [0.15, 0.2) is 6.29 Å². The van der Waals surface area contributed by atoms with Crippen LogP contribution in [0.4, 0.5) is 11.4 Å². The predicted octanol–water partition coefficient (Wildman–Crippen LogP) is 4.91. The summed E-state index contributed by atoms with van der Waals surface area (Å²) >= 11 is 0. The maximum atomic E-state index is 11.2. The third kappa shape index (κ3) is 3.00. The van der Waals surface area contributed by atoms with E-state index in [0.717, 1.165) is 28.8 Å². The van der Waals surface area contributed by atoms with E-state index in [-0.39, 0.29) is 0 Å². The van der Waals surface area contributed by atoms with Crippen molar-refractivity contribution in [2.24, 2.45) is 0 Å². The average Bonchev–Trinajstić information content (AvgIpc) is 2.56. The van der Waals surface area contributed by atoms with Gasteiger partial charge in [-0.05, 0) is 35.4 Å². The van der Waals surface area contributed by atoms with E-state index < -0.39 is 0 Å². The smallest absolute Gasteiger partial charge is 0.152 e. The van der Waals surface area contributed by atoms with E-state index in [1.165, 1.54) is 0 Å². The van der Waals surface area contributed by atoms with Gasteiger partial charge in [0.05, 0.1) is 0 Å². The minimum atomic E-state index is 0.651. The summed E-state index contributed by atoms with van der Waals surface area (Å²) < 4.78 is 0. The number of carbonyl (C=O) groups excluding carboxylic acids is 1. The number of hydrogen-bond acceptors (Lipinski definition) is 2. The molecule has 2 nitrogen and oxygen atoms in total. The van der Waals surface area contributed by atoms with Crippen molar-refractivity contribution in [3.05, 3.63) is 84.4 Å². The highest BCUT2D eigenvalue weighted by molar-refractivity contribution is 5.88. The summed E-state index contributed by atoms with van der Waals surface area (Å²) in [5.74, 6) is 0. The molecule has 3 rings (SSSR count). The molecule has 1 N–H and O–H groups in total. The highest BCUT2D eigenvalue weighted by Crippen LogP contribution is 2.27. The van der Waals surface area contributed by atoms with E-state index in [1.807, 2.05) is 66.7 Å². The van der Waals surface area contributed by atoms with Crippen molar-refractivity contribution in [3.63, 3.8) is 0 Å². The van der Waals surface area contributed by atoms with Gasteiger partial charge in [0.2, 0.25) is 0 Å². The van der Waals surface area contributed by atoms with Gasteiger partial charge in [0.25, 0.3) is 0 Å². The van der Waals surface area contributed by atoms with Crippen molar-refractivity contribution in [3.8, 4) is 11.1 Å². The number of aldehydes is 1. The van der Waals surface area contributed by atoms with Crippen LogP contribution in [0.15, 0.2) is 78.9 Å². The molecule has 3 aromatic carbocycles. The first-order chi connectivity index (χ1) is 10.4. The Kier molecular flexibility index (Phi) is 3.79. The molecule has 0 aliphatic carbocycles. The number of nitrogens with one attached hydrogen (secondary N) is 1. The summed E-state index contributed by atoms with van der Waals surface area (Å²) in [7, 11) is 0. The second-order valence-electron chi connectivity index (χ2n) is 4.78. The van der Waals surface area contributed by atoms with Gasteiger partial charge in [-0.3, -0.25) is 4.79 Å². The van der Waals surface area contributed by atoms with Crippen LogP contribution >= 0.6 is 0 Å². The van der Waals surface area contributed by atoms with E-state index in [2.05, 4.69) is 17.4 Å². The second kappa shape index (κ2) is 6.06. The maximum absolute atomic E-state index is 11.2. The highest BCUT2D eigenvalue weighted by Gasteiger charge is 2.05. The van der Waals surface area contributed by atoms with Crippen molar-refractivity contribution in [1.82, 2.24) is 0 Å². The number of anilines is 2. The minimum absolute atomic E-state index is 0.651. The van der Waals surface area contributed by atoms with Crippen LogP contribution in [0.5, 0.6) is 0 Å². The lowest BCUT2D eigenvalue weighted by molar-refractivity contribution is 0.112. The first-order valence-corrected chi connectivity index (χ1v) is 6.83. The van der Waals surface area contributed by atoms with Gasteiger partial charge < -0.3 is 5.32 Å². The molecule has 0 atom stereocenters. The van der Waals surface area contributed by atoms with Gasteiger partial charge in [-0.15, -0.1) is 0 Å². The summed E-state index contributed by atoms with van der Waals surface area (Å²) in [5, 5.41) is 3.30. The van der Waals surface area contributed by atoms with Crippen LogP contribution in [0.25, 0.3) is 11.1 Å². The lowest BCUT2D eigenvalue weighted by atomic mass is 10.0. The molecule has 21 heavy (non-hydrogen) atoms. The van der Waals surface area contributed by atoms with Crippen molar-refractivity contribution in [2.75, 3.05) is 5.32 Å². The largest absolute Gasteiger partial charge is 0.355 e. The van der Waals surface area contributed by atoms with Crippen LogP contribution in [0.1, 0.15) is 10.4 Å². The van der Waals surface area contributed by atoms with Crippen LogP contribution in [0, 0.1) is 0 Å². The summed E-state index contributed by atoms with van der Waals surface area (Å²) in [4.78, 5) is 11.2. The standard InChI is InChI=1S/C19H15NO/c21-14-17-12-11-16(15-7-3-1-4-8-15)13-19(17)20-18-9-5-2-6-10-18/h1-14,20H. The Morgan fingerprint density at radius 3 is 2.05 bits per heavy atom. The molecule has 0 saturated carbocycles. The van der Waals surface area contributed by atoms with Gasteiger partial charge in [-0.2, -0.15) is 0 Å². The van der Waals surface area contributed by atoms with E-state index in [1.54, 1.807) is 0 Å². The van der Waals surface area contributed by atoms with Crippen molar-refractivity contribution >= 4 is 17.7 Å². The normalized spacial score (nSPS) is 10.1. The Balaban J connectivity index is 2.00. The lowest BCUT2D eigenvalue weighted by Gasteiger charge is -2.11. The molecular weight excluding hydrogens is 258 g/mol. The Bertz CT molecular complexity index is 736. The van der Waals surface area contributed by atoms with Crippen LogP contribution in [-0.2, 0) is 0 Å². The first kappa shape index (κ1) is 13.1. The van der Waals surface area contributed by atoms with E-state index >= 15 is 0 Å². The molecule has 0 amide bonds. The van der Waals surface area contributed by atoms with Crippen LogP contribution in [-0.4, -0.2) is 6.29 Å². The van der Waals surface area contributed by atoms with Crippen LogP contribution < -0.4 is 5.32 Å². The average molecular weight is 273 g/mol. The summed E-state index contributed by atoms with van der Waals surface area (Å²) in [6.07, 6.45) is 0.875. The molecule has 0 unspecified atom stereocenters. The summed E-state index contributed by atoms with van der Waals surface area (Å²) in [6, 6.07) is 25.8. The Morgan fingerprint density at radius 2 is 1.38 bits per heavy atom. The Hall–Kier alpha value is -2.87. The number of rotatable bonds is 4. The molecule has 3 aromatic rings. The molecule has 0 aromatic heterocycles. The zero-order chi connectivity index (χ0) is 14.5. The first-order valence-electron chi connectivity index (χ1n) is 6.83. The zero-order valence-electron chi connectivity index (χ0n) is 11.5. The molecule has 102 valence electrons. The number of para-hydroxylation sites is 1. The predicted molar refractivity (Wildman–Crippen MR) is 87.0 cm³/mol. The number of carbonyl (C=O) groups is 1. The highest BCUT2D eigenvalue weighted by atomic mass is 16.1. The van der Waals surface area contributed by atoms with Crippen LogP contribution in [0.3, 0.4) is 0 Å². The molecule has 0 bridgehead atoms. The third-order valence-electron chi connectivity index (χ3n) is 3.34. The van der Waals surface area contributed by atoms with Crippen molar-refractivity contribution < 1.29 is 4.79 Å². The minimum Gasteiger partial charge on any atom is -0.355 e. The molecule has 0 radical (unpaired) electrons. The summed E-state index contributed by atoms with van der Waals surface area (Å²) in [5.41, 5.74) is 4.65. The van der Waals surface area contributed by atoms with Gasteiger partial charge in [0.1, 0.15) is 0 Å². The Morgan fingerprint density at radius 1 is 0.714 bits per heavy atom. The van der Waals surface area contributed by atoms with E-state index in [9.17, 15) is 4.79 Å². The topological polar surface area (TPSA) is 29.1 Å². The zero-order valence-corrected chi connectivity index (χ0v) is 11.5. The van der Waals surface area contributed by atoms with E-state index in [4.69, 9.17) is 0 Å². The fourth-order valence-electron chi connectivity index (χ4n) is 2.25. The quantitative estimate of drug-likeness (QED) is 0.684. The van der Waals surface area contributed by atoms with Crippen molar-refractivity contribution in [2.45, 2.75) is 0 Å². The SMILES string of the molecule is O=Cc1ccc(-c2ccccc2)cc1Nc1ccccc1. The monoisotopic (exact) mass is 273 g/mol. The fraction of sp³-hybridized carbons (Fsp3) is 0. The molecule has 0 spiro atoms. The number of benzene rings is 3. The van der Waals surface area contributed by atoms with Crippen molar-refractivity contribution in [1.29, 1.82) is 0 Å². The van der Waals surface area contributed by atoms with Gasteiger partial charge in [0, 0.05) is 16.9 Å². The molecule has 2 heteroatoms. The summed E-state index contributed by atoms with van der Waals surface area (Å²) in [6.45, 7) is 0. The molecule has 0 aliphatic rings. The molecular formula is C19H15NO. The molecule has 0 aliphatic heterocycles. The van der Waals surface area contributed by atoms with Gasteiger partial charge >= 0.3 is 0 Å². The van der Waals surface area contributed by atoms with E-state index in [0.29, 0.717) is 5.56 Å². The van der Waals surface area contributed by atoms with Gasteiger partial charge in [-0.25, -0.2) is 0 Å². The lowest BCUT2D eigenvalue weighted by Crippen LogP contribution is -1.95. The molecule has 0 heterocycles. The number of hydrogen-bond donors (Lipinski definition) is 1. The molecule has 0 fully saturated rings.